The van der Waals surface area contributed by atoms with Gasteiger partial charge in [0.25, 0.3) is 5.56 Å². The zero-order valence-electron chi connectivity index (χ0n) is 24.7. The van der Waals surface area contributed by atoms with Crippen LogP contribution >= 0.6 is 0 Å². The Kier molecular flexibility index (Phi) is 8.85. The highest BCUT2D eigenvalue weighted by Gasteiger charge is 2.42. The number of hydrogen-bond acceptors (Lipinski definition) is 6. The molecule has 3 aromatic carbocycles. The molecule has 1 unspecified atom stereocenters. The van der Waals surface area contributed by atoms with Crippen LogP contribution in [0.5, 0.6) is 5.75 Å². The SMILES string of the molecule is COc1ccc(C(OC[C@@H]2O[C@H](n3cc(C#C[Si](C)(C)C)c(=O)[nH]c3=O)CC2O)(c2ccccc2)c2ccccc2)cc1. The summed E-state index contributed by atoms with van der Waals surface area (Å²) in [5.41, 5.74) is 3.82. The van der Waals surface area contributed by atoms with Gasteiger partial charge in [0.2, 0.25) is 0 Å². The minimum Gasteiger partial charge on any atom is -0.497 e. The Morgan fingerprint density at radius 1 is 0.953 bits per heavy atom. The van der Waals surface area contributed by atoms with Crippen LogP contribution in [0.1, 0.15) is 34.9 Å². The molecule has 1 aromatic heterocycles. The van der Waals surface area contributed by atoms with Gasteiger partial charge in [-0.15, -0.1) is 5.54 Å². The topological polar surface area (TPSA) is 103 Å². The normalized spacial score (nSPS) is 18.6. The number of nitrogens with one attached hydrogen (secondary N) is 1. The molecule has 3 atom stereocenters. The van der Waals surface area contributed by atoms with Gasteiger partial charge in [-0.05, 0) is 28.8 Å². The van der Waals surface area contributed by atoms with E-state index in [1.165, 1.54) is 10.8 Å². The van der Waals surface area contributed by atoms with Gasteiger partial charge in [0, 0.05) is 12.6 Å². The van der Waals surface area contributed by atoms with E-state index in [1.807, 2.05) is 84.9 Å². The Morgan fingerprint density at radius 2 is 1.53 bits per heavy atom. The highest BCUT2D eigenvalue weighted by atomic mass is 28.3. The van der Waals surface area contributed by atoms with Crippen molar-refractivity contribution in [2.75, 3.05) is 13.7 Å². The summed E-state index contributed by atoms with van der Waals surface area (Å²) in [5.74, 6) is 3.65. The van der Waals surface area contributed by atoms with Crippen molar-refractivity contribution in [3.05, 3.63) is 134 Å². The number of methoxy groups -OCH3 is 1. The number of aliphatic hydroxyl groups is 1. The molecule has 0 spiro atoms. The lowest BCUT2D eigenvalue weighted by Gasteiger charge is -2.37. The molecule has 0 aliphatic carbocycles. The van der Waals surface area contributed by atoms with Gasteiger partial charge < -0.3 is 19.3 Å². The summed E-state index contributed by atoms with van der Waals surface area (Å²) in [6.45, 7) is 6.24. The summed E-state index contributed by atoms with van der Waals surface area (Å²) in [7, 11) is -0.139. The Bertz CT molecular complexity index is 1680. The van der Waals surface area contributed by atoms with E-state index in [9.17, 15) is 14.7 Å². The van der Waals surface area contributed by atoms with E-state index in [1.54, 1.807) is 7.11 Å². The minimum atomic E-state index is -1.76. The van der Waals surface area contributed by atoms with Gasteiger partial charge >= 0.3 is 5.69 Å². The minimum absolute atomic E-state index is 0.0217. The third-order valence-corrected chi connectivity index (χ3v) is 8.25. The lowest BCUT2D eigenvalue weighted by Crippen LogP contribution is -2.38. The van der Waals surface area contributed by atoms with Crippen LogP contribution in [0.4, 0.5) is 0 Å². The van der Waals surface area contributed by atoms with E-state index in [-0.39, 0.29) is 18.6 Å². The quantitative estimate of drug-likeness (QED) is 0.177. The van der Waals surface area contributed by atoms with Crippen molar-refractivity contribution < 1.29 is 19.3 Å². The molecule has 5 rings (SSSR count). The summed E-state index contributed by atoms with van der Waals surface area (Å²) in [5, 5.41) is 11.1. The third kappa shape index (κ3) is 6.58. The number of H-pyrrole nitrogens is 1. The van der Waals surface area contributed by atoms with Gasteiger partial charge in [0.05, 0.1) is 19.8 Å². The fraction of sp³-hybridized carbons (Fsp3) is 0.294. The van der Waals surface area contributed by atoms with Crippen LogP contribution in [0.15, 0.2) is 101 Å². The zero-order valence-corrected chi connectivity index (χ0v) is 25.7. The molecule has 1 fully saturated rings. The van der Waals surface area contributed by atoms with E-state index < -0.39 is 43.4 Å². The highest BCUT2D eigenvalue weighted by molar-refractivity contribution is 6.83. The van der Waals surface area contributed by atoms with Crippen LogP contribution in [-0.2, 0) is 15.1 Å². The summed E-state index contributed by atoms with van der Waals surface area (Å²) in [4.78, 5) is 27.6. The number of nitrogens with zero attached hydrogens (tertiary/aromatic N) is 1. The predicted octanol–water partition coefficient (Wildman–Crippen LogP) is 4.43. The molecule has 43 heavy (non-hydrogen) atoms. The van der Waals surface area contributed by atoms with Gasteiger partial charge in [-0.3, -0.25) is 14.3 Å². The second kappa shape index (κ2) is 12.6. The van der Waals surface area contributed by atoms with Crippen LogP contribution in [0.25, 0.3) is 0 Å². The van der Waals surface area contributed by atoms with Crippen molar-refractivity contribution >= 4 is 8.07 Å². The summed E-state index contributed by atoms with van der Waals surface area (Å²) < 4.78 is 19.8. The average molecular weight is 597 g/mol. The second-order valence-corrected chi connectivity index (χ2v) is 16.3. The predicted molar refractivity (Wildman–Crippen MR) is 168 cm³/mol. The smallest absolute Gasteiger partial charge is 0.330 e. The van der Waals surface area contributed by atoms with Crippen molar-refractivity contribution in [3.63, 3.8) is 0 Å². The van der Waals surface area contributed by atoms with E-state index in [4.69, 9.17) is 14.2 Å². The Balaban J connectivity index is 1.49. The Morgan fingerprint density at radius 3 is 2.09 bits per heavy atom. The fourth-order valence-electron chi connectivity index (χ4n) is 5.21. The van der Waals surface area contributed by atoms with Crippen molar-refractivity contribution in [1.29, 1.82) is 0 Å². The van der Waals surface area contributed by atoms with Crippen molar-refractivity contribution in [1.82, 2.24) is 9.55 Å². The molecule has 2 heterocycles. The molecule has 9 heteroatoms. The number of aromatic amines is 1. The molecule has 1 aliphatic rings. The molecule has 222 valence electrons. The van der Waals surface area contributed by atoms with Crippen LogP contribution < -0.4 is 16.0 Å². The molecule has 0 amide bonds. The summed E-state index contributed by atoms with van der Waals surface area (Å²) in [6.07, 6.45) is -0.896. The average Bonchev–Trinajstić information content (AvgIpc) is 3.37. The summed E-state index contributed by atoms with van der Waals surface area (Å²) in [6, 6.07) is 27.5. The standard InChI is InChI=1S/C34H36N2O6Si/c1-40-28-17-15-27(16-18-28)34(25-11-7-5-8-12-25,26-13-9-6-10-14-26)41-23-30-29(37)21-31(42-30)36-22-24(19-20-43(2,3)4)32(38)35-33(36)39/h5-18,22,29-31,37H,21,23H2,1-4H3,(H,35,38,39)/t29?,30-,31-/m0/s1. The van der Waals surface area contributed by atoms with Gasteiger partial charge in [0.1, 0.15) is 37.3 Å². The maximum Gasteiger partial charge on any atom is 0.330 e. The monoisotopic (exact) mass is 596 g/mol. The first-order chi connectivity index (χ1) is 20.6. The molecule has 0 radical (unpaired) electrons. The van der Waals surface area contributed by atoms with Gasteiger partial charge in [-0.25, -0.2) is 4.79 Å². The van der Waals surface area contributed by atoms with Crippen LogP contribution in [-0.4, -0.2) is 48.7 Å². The molecular formula is C34H36N2O6Si. The molecule has 1 saturated heterocycles. The first-order valence-corrected chi connectivity index (χ1v) is 17.7. The molecular weight excluding hydrogens is 560 g/mol. The first kappa shape index (κ1) is 30.3. The molecule has 0 saturated carbocycles. The van der Waals surface area contributed by atoms with Crippen LogP contribution in [0, 0.1) is 11.5 Å². The molecule has 1 aliphatic heterocycles. The number of aliphatic hydroxyl groups excluding tert-OH is 1. The largest absolute Gasteiger partial charge is 0.497 e. The molecule has 8 nitrogen and oxygen atoms in total. The van der Waals surface area contributed by atoms with Gasteiger partial charge in [0.15, 0.2) is 0 Å². The molecule has 4 aromatic rings. The maximum absolute atomic E-state index is 12.8. The molecule has 0 bridgehead atoms. The number of aromatic nitrogens is 2. The number of ether oxygens (including phenoxy) is 3. The van der Waals surface area contributed by atoms with E-state index >= 15 is 0 Å². The molecule has 2 N–H and O–H groups in total. The second-order valence-electron chi connectivity index (χ2n) is 11.6. The highest BCUT2D eigenvalue weighted by Crippen LogP contribution is 2.42. The van der Waals surface area contributed by atoms with E-state index in [0.717, 1.165) is 22.4 Å². The van der Waals surface area contributed by atoms with E-state index in [2.05, 4.69) is 36.1 Å². The van der Waals surface area contributed by atoms with Crippen LogP contribution in [0.2, 0.25) is 19.6 Å². The van der Waals surface area contributed by atoms with Crippen molar-refractivity contribution in [2.24, 2.45) is 0 Å². The van der Waals surface area contributed by atoms with E-state index in [0.29, 0.717) is 0 Å². The lowest BCUT2D eigenvalue weighted by molar-refractivity contribution is -0.0944. The third-order valence-electron chi connectivity index (χ3n) is 7.38. The zero-order chi connectivity index (χ0) is 30.6. The van der Waals surface area contributed by atoms with Gasteiger partial charge in [-0.2, -0.15) is 0 Å². The summed E-state index contributed by atoms with van der Waals surface area (Å²) >= 11 is 0. The lowest BCUT2D eigenvalue weighted by atomic mass is 9.80. The fourth-order valence-corrected chi connectivity index (χ4v) is 5.72. The Hall–Kier alpha value is -4.20. The van der Waals surface area contributed by atoms with Crippen molar-refractivity contribution in [3.8, 4) is 17.2 Å². The van der Waals surface area contributed by atoms with Crippen LogP contribution in [0.3, 0.4) is 0 Å². The Labute approximate surface area is 251 Å². The first-order valence-electron chi connectivity index (χ1n) is 14.2. The number of rotatable bonds is 8. The number of benzene rings is 3. The maximum atomic E-state index is 12.8. The van der Waals surface area contributed by atoms with Crippen molar-refractivity contribution in [2.45, 2.75) is 50.1 Å². The number of hydrogen-bond donors (Lipinski definition) is 2. The van der Waals surface area contributed by atoms with Gasteiger partial charge in [-0.1, -0.05) is 98.4 Å².